The van der Waals surface area contributed by atoms with E-state index in [1.807, 2.05) is 6.92 Å². The Kier molecular flexibility index (Phi) is 8.86. The monoisotopic (exact) mass is 461 g/mol. The van der Waals surface area contributed by atoms with Gasteiger partial charge in [0.25, 0.3) is 0 Å². The molecule has 0 bridgehead atoms. The zero-order valence-electron chi connectivity index (χ0n) is 15.1. The quantitative estimate of drug-likeness (QED) is 0.537. The number of amides is 2. The molecule has 0 atom stereocenters. The van der Waals surface area contributed by atoms with E-state index in [0.29, 0.717) is 38.0 Å². The Morgan fingerprint density at radius 3 is 2.07 bits per heavy atom. The van der Waals surface area contributed by atoms with Gasteiger partial charge in [0.2, 0.25) is 11.8 Å². The van der Waals surface area contributed by atoms with Gasteiger partial charge < -0.3 is 10.6 Å². The molecule has 0 radical (unpaired) electrons. The number of hydrogen-bond acceptors (Lipinski definition) is 3. The van der Waals surface area contributed by atoms with Gasteiger partial charge >= 0.3 is 0 Å². The lowest BCUT2D eigenvalue weighted by Gasteiger charge is -2.21. The maximum Gasteiger partial charge on any atom is 0.238 e. The van der Waals surface area contributed by atoms with E-state index in [-0.39, 0.29) is 24.9 Å². The first-order valence-corrected chi connectivity index (χ1v) is 10.0. The van der Waals surface area contributed by atoms with E-state index in [4.69, 9.17) is 46.4 Å². The lowest BCUT2D eigenvalue weighted by Crippen LogP contribution is -2.39. The minimum Gasteiger partial charge on any atom is -0.324 e. The van der Waals surface area contributed by atoms with Gasteiger partial charge in [-0.15, -0.1) is 0 Å². The fraction of sp³-hybridized carbons (Fsp3) is 0.263. The van der Waals surface area contributed by atoms with Gasteiger partial charge in [-0.05, 0) is 43.3 Å². The average Bonchev–Trinajstić information content (AvgIpc) is 2.61. The van der Waals surface area contributed by atoms with Gasteiger partial charge in [-0.3, -0.25) is 14.5 Å². The van der Waals surface area contributed by atoms with Gasteiger partial charge in [0.05, 0.1) is 39.5 Å². The van der Waals surface area contributed by atoms with E-state index in [9.17, 15) is 9.59 Å². The SMILES string of the molecule is CCCN(CC(=O)Nc1ccc(Cl)cc1Cl)CC(=O)Nc1c(Cl)cccc1Cl. The summed E-state index contributed by atoms with van der Waals surface area (Å²) in [5.41, 5.74) is 0.810. The number of nitrogens with zero attached hydrogens (tertiary/aromatic N) is 1. The molecule has 2 amide bonds. The van der Waals surface area contributed by atoms with Crippen LogP contribution in [0.2, 0.25) is 20.1 Å². The molecule has 0 aromatic heterocycles. The van der Waals surface area contributed by atoms with Crippen molar-refractivity contribution in [3.63, 3.8) is 0 Å². The summed E-state index contributed by atoms with van der Waals surface area (Å²) in [6.45, 7) is 2.56. The molecule has 0 spiro atoms. The summed E-state index contributed by atoms with van der Waals surface area (Å²) in [6, 6.07) is 9.76. The van der Waals surface area contributed by atoms with Crippen LogP contribution >= 0.6 is 46.4 Å². The van der Waals surface area contributed by atoms with Gasteiger partial charge in [0.1, 0.15) is 0 Å². The summed E-state index contributed by atoms with van der Waals surface area (Å²) in [7, 11) is 0. The Hall–Kier alpha value is -1.50. The van der Waals surface area contributed by atoms with Crippen LogP contribution in [0, 0.1) is 0 Å². The molecule has 28 heavy (non-hydrogen) atoms. The van der Waals surface area contributed by atoms with E-state index < -0.39 is 0 Å². The minimum atomic E-state index is -0.319. The van der Waals surface area contributed by atoms with E-state index >= 15 is 0 Å². The Morgan fingerprint density at radius 2 is 1.50 bits per heavy atom. The van der Waals surface area contributed by atoms with Crippen molar-refractivity contribution in [1.29, 1.82) is 0 Å². The van der Waals surface area contributed by atoms with Gasteiger partial charge in [0.15, 0.2) is 0 Å². The third-order valence-electron chi connectivity index (χ3n) is 3.71. The van der Waals surface area contributed by atoms with Crippen molar-refractivity contribution in [3.05, 3.63) is 56.5 Å². The number of carbonyl (C=O) groups excluding carboxylic acids is 2. The molecule has 2 aromatic rings. The normalized spacial score (nSPS) is 10.8. The highest BCUT2D eigenvalue weighted by Crippen LogP contribution is 2.29. The van der Waals surface area contributed by atoms with Crippen LogP contribution in [0.5, 0.6) is 0 Å². The summed E-state index contributed by atoms with van der Waals surface area (Å²) in [5.74, 6) is -0.609. The first kappa shape index (κ1) is 22.8. The van der Waals surface area contributed by atoms with Crippen molar-refractivity contribution in [1.82, 2.24) is 4.90 Å². The smallest absolute Gasteiger partial charge is 0.238 e. The Labute approximate surface area is 183 Å². The Bertz CT molecular complexity index is 841. The molecule has 2 N–H and O–H groups in total. The van der Waals surface area contributed by atoms with Crippen molar-refractivity contribution in [2.45, 2.75) is 13.3 Å². The van der Waals surface area contributed by atoms with Crippen LogP contribution in [0.25, 0.3) is 0 Å². The molecule has 5 nitrogen and oxygen atoms in total. The van der Waals surface area contributed by atoms with E-state index in [1.54, 1.807) is 41.3 Å². The Morgan fingerprint density at radius 1 is 0.893 bits per heavy atom. The second kappa shape index (κ2) is 10.9. The van der Waals surface area contributed by atoms with E-state index in [1.165, 1.54) is 0 Å². The topological polar surface area (TPSA) is 61.4 Å². The van der Waals surface area contributed by atoms with Gasteiger partial charge in [-0.25, -0.2) is 0 Å². The molecule has 0 aliphatic heterocycles. The maximum atomic E-state index is 12.4. The molecule has 0 heterocycles. The summed E-state index contributed by atoms with van der Waals surface area (Å²) in [5, 5.41) is 6.93. The van der Waals surface area contributed by atoms with Crippen molar-refractivity contribution < 1.29 is 9.59 Å². The van der Waals surface area contributed by atoms with E-state index in [0.717, 1.165) is 6.42 Å². The highest BCUT2D eigenvalue weighted by atomic mass is 35.5. The fourth-order valence-electron chi connectivity index (χ4n) is 2.51. The lowest BCUT2D eigenvalue weighted by atomic mass is 10.3. The molecular weight excluding hydrogens is 444 g/mol. The van der Waals surface area contributed by atoms with Crippen LogP contribution in [0.15, 0.2) is 36.4 Å². The molecule has 9 heteroatoms. The van der Waals surface area contributed by atoms with Crippen LogP contribution in [-0.2, 0) is 9.59 Å². The zero-order valence-corrected chi connectivity index (χ0v) is 18.1. The van der Waals surface area contributed by atoms with Gasteiger partial charge in [-0.1, -0.05) is 59.4 Å². The highest BCUT2D eigenvalue weighted by Gasteiger charge is 2.17. The summed E-state index contributed by atoms with van der Waals surface area (Å²) < 4.78 is 0. The van der Waals surface area contributed by atoms with Crippen LogP contribution < -0.4 is 10.6 Å². The number of anilines is 2. The van der Waals surface area contributed by atoms with Crippen LogP contribution in [0.4, 0.5) is 11.4 Å². The number of para-hydroxylation sites is 1. The molecule has 0 fully saturated rings. The molecular formula is C19H19Cl4N3O2. The summed E-state index contributed by atoms with van der Waals surface area (Å²) in [6.07, 6.45) is 0.773. The number of halogens is 4. The second-order valence-corrected chi connectivity index (χ2v) is 7.69. The average molecular weight is 463 g/mol. The number of rotatable bonds is 8. The van der Waals surface area contributed by atoms with Crippen LogP contribution in [0.3, 0.4) is 0 Å². The van der Waals surface area contributed by atoms with E-state index in [2.05, 4.69) is 10.6 Å². The van der Waals surface area contributed by atoms with Gasteiger partial charge in [-0.2, -0.15) is 0 Å². The first-order chi connectivity index (χ1) is 13.3. The molecule has 2 rings (SSSR count). The van der Waals surface area contributed by atoms with Crippen molar-refractivity contribution >= 4 is 69.6 Å². The molecule has 0 saturated carbocycles. The zero-order chi connectivity index (χ0) is 20.7. The number of carbonyl (C=O) groups is 2. The van der Waals surface area contributed by atoms with Crippen molar-refractivity contribution in [2.24, 2.45) is 0 Å². The second-order valence-electron chi connectivity index (χ2n) is 6.03. The number of nitrogens with one attached hydrogen (secondary N) is 2. The molecule has 2 aromatic carbocycles. The summed E-state index contributed by atoms with van der Waals surface area (Å²) >= 11 is 24.1. The maximum absolute atomic E-state index is 12.4. The molecule has 0 aliphatic carbocycles. The minimum absolute atomic E-state index is 0.0111. The molecule has 150 valence electrons. The fourth-order valence-corrected chi connectivity index (χ4v) is 3.46. The predicted octanol–water partition coefficient (Wildman–Crippen LogP) is 5.59. The Balaban J connectivity index is 1.98. The molecule has 0 unspecified atom stereocenters. The van der Waals surface area contributed by atoms with Crippen molar-refractivity contribution in [2.75, 3.05) is 30.3 Å². The first-order valence-electron chi connectivity index (χ1n) is 8.51. The van der Waals surface area contributed by atoms with Crippen LogP contribution in [0.1, 0.15) is 13.3 Å². The third kappa shape index (κ3) is 6.83. The number of hydrogen-bond donors (Lipinski definition) is 2. The standard InChI is InChI=1S/C19H19Cl4N3O2/c1-2-8-26(10-17(27)24-16-7-6-12(20)9-15(16)23)11-18(28)25-19-13(21)4-3-5-14(19)22/h3-7,9H,2,8,10-11H2,1H3,(H,24,27)(H,25,28). The number of benzene rings is 2. The van der Waals surface area contributed by atoms with Gasteiger partial charge in [0, 0.05) is 5.02 Å². The third-order valence-corrected chi connectivity index (χ3v) is 4.88. The largest absolute Gasteiger partial charge is 0.324 e. The highest BCUT2D eigenvalue weighted by molar-refractivity contribution is 6.39. The predicted molar refractivity (Wildman–Crippen MR) is 117 cm³/mol. The van der Waals surface area contributed by atoms with Crippen LogP contribution in [-0.4, -0.2) is 36.3 Å². The molecule has 0 aliphatic rings. The molecule has 0 saturated heterocycles. The van der Waals surface area contributed by atoms with Crippen molar-refractivity contribution in [3.8, 4) is 0 Å². The lowest BCUT2D eigenvalue weighted by molar-refractivity contribution is -0.120. The summed E-state index contributed by atoms with van der Waals surface area (Å²) in [4.78, 5) is 26.5.